The maximum atomic E-state index is 5.35. The molecule has 2 aromatic heterocycles. The maximum Gasteiger partial charge on any atom is 0.160 e. The fourth-order valence-corrected chi connectivity index (χ4v) is 8.18. The van der Waals surface area contributed by atoms with E-state index in [4.69, 9.17) is 15.0 Å². The third-order valence-electron chi connectivity index (χ3n) is 11.1. The Bertz CT molecular complexity index is 2810. The Morgan fingerprint density at radius 1 is 0.327 bits per heavy atom. The molecule has 1 aliphatic rings. The summed E-state index contributed by atoms with van der Waals surface area (Å²) >= 11 is 0. The lowest BCUT2D eigenvalue weighted by molar-refractivity contribution is 0.661. The van der Waals surface area contributed by atoms with E-state index in [1.54, 1.807) is 0 Å². The second-order valence-corrected chi connectivity index (χ2v) is 14.9. The second kappa shape index (κ2) is 13.2. The van der Waals surface area contributed by atoms with Gasteiger partial charge in [-0.2, -0.15) is 0 Å². The van der Waals surface area contributed by atoms with Gasteiger partial charge in [0, 0.05) is 33.1 Å². The summed E-state index contributed by atoms with van der Waals surface area (Å²) in [4.78, 5) is 15.7. The Hall–Kier alpha value is -6.97. The zero-order valence-corrected chi connectivity index (χ0v) is 30.7. The zero-order chi connectivity index (χ0) is 36.9. The summed E-state index contributed by atoms with van der Waals surface area (Å²) in [6.45, 7) is 4.69. The number of benzene rings is 7. The smallest absolute Gasteiger partial charge is 0.160 e. The Labute approximate surface area is 321 Å². The van der Waals surface area contributed by atoms with E-state index in [1.807, 2.05) is 12.1 Å². The van der Waals surface area contributed by atoms with Crippen molar-refractivity contribution in [3.05, 3.63) is 199 Å². The van der Waals surface area contributed by atoms with Crippen molar-refractivity contribution in [1.82, 2.24) is 15.0 Å². The van der Waals surface area contributed by atoms with Crippen LogP contribution in [0.5, 0.6) is 0 Å². The number of rotatable bonds is 6. The number of hydrogen-bond acceptors (Lipinski definition) is 3. The van der Waals surface area contributed by atoms with Gasteiger partial charge in [0.2, 0.25) is 0 Å². The summed E-state index contributed by atoms with van der Waals surface area (Å²) in [6.07, 6.45) is 0. The number of fused-ring (bicyclic) bond motifs is 4. The third kappa shape index (κ3) is 5.82. The molecule has 260 valence electrons. The molecule has 0 fully saturated rings. The molecule has 0 unspecified atom stereocenters. The summed E-state index contributed by atoms with van der Waals surface area (Å²) < 4.78 is 0. The van der Waals surface area contributed by atoms with Crippen LogP contribution in [-0.4, -0.2) is 15.0 Å². The number of aromatic nitrogens is 3. The van der Waals surface area contributed by atoms with Crippen molar-refractivity contribution < 1.29 is 0 Å². The minimum atomic E-state index is -0.189. The van der Waals surface area contributed by atoms with E-state index in [2.05, 4.69) is 190 Å². The molecule has 0 saturated heterocycles. The van der Waals surface area contributed by atoms with Crippen LogP contribution in [0.1, 0.15) is 25.0 Å². The van der Waals surface area contributed by atoms with Crippen molar-refractivity contribution in [3.8, 4) is 78.5 Å². The first-order chi connectivity index (χ1) is 27.0. The first kappa shape index (κ1) is 32.7. The monoisotopic (exact) mass is 703 g/mol. The van der Waals surface area contributed by atoms with E-state index in [-0.39, 0.29) is 5.41 Å². The lowest BCUT2D eigenvalue weighted by Crippen LogP contribution is -2.15. The van der Waals surface area contributed by atoms with E-state index in [0.717, 1.165) is 61.4 Å². The molecule has 0 amide bonds. The van der Waals surface area contributed by atoms with Crippen LogP contribution in [0.4, 0.5) is 0 Å². The third-order valence-corrected chi connectivity index (χ3v) is 11.1. The fourth-order valence-electron chi connectivity index (χ4n) is 8.18. The average Bonchev–Trinajstić information content (AvgIpc) is 3.47. The molecule has 0 atom stereocenters. The molecule has 10 rings (SSSR count). The average molecular weight is 704 g/mol. The zero-order valence-electron chi connectivity index (χ0n) is 30.7. The molecule has 0 aliphatic heterocycles. The fraction of sp³-hybridized carbons (Fsp3) is 0.0577. The van der Waals surface area contributed by atoms with Gasteiger partial charge in [0.05, 0.1) is 22.6 Å². The van der Waals surface area contributed by atoms with Crippen LogP contribution in [0.15, 0.2) is 188 Å². The summed E-state index contributed by atoms with van der Waals surface area (Å²) in [5, 5.41) is 1.12. The Morgan fingerprint density at radius 2 is 0.836 bits per heavy atom. The van der Waals surface area contributed by atoms with Crippen LogP contribution >= 0.6 is 0 Å². The highest BCUT2D eigenvalue weighted by atomic mass is 14.9. The molecule has 2 heterocycles. The van der Waals surface area contributed by atoms with E-state index >= 15 is 0 Å². The van der Waals surface area contributed by atoms with Crippen molar-refractivity contribution >= 4 is 10.9 Å². The molecular weight excluding hydrogens is 667 g/mol. The van der Waals surface area contributed by atoms with Crippen LogP contribution in [0.2, 0.25) is 0 Å². The highest BCUT2D eigenvalue weighted by Gasteiger charge is 2.36. The van der Waals surface area contributed by atoms with Crippen molar-refractivity contribution in [3.63, 3.8) is 0 Å². The van der Waals surface area contributed by atoms with Crippen molar-refractivity contribution in [2.45, 2.75) is 19.3 Å². The van der Waals surface area contributed by atoms with Crippen LogP contribution in [-0.2, 0) is 5.41 Å². The van der Waals surface area contributed by atoms with E-state index in [0.29, 0.717) is 5.82 Å². The molecule has 0 spiro atoms. The molecule has 3 heteroatoms. The van der Waals surface area contributed by atoms with E-state index < -0.39 is 0 Å². The van der Waals surface area contributed by atoms with Gasteiger partial charge in [-0.25, -0.2) is 15.0 Å². The minimum Gasteiger partial charge on any atom is -0.248 e. The van der Waals surface area contributed by atoms with E-state index in [1.165, 1.54) is 33.4 Å². The highest BCUT2D eigenvalue weighted by Crippen LogP contribution is 2.51. The van der Waals surface area contributed by atoms with Gasteiger partial charge in [0.25, 0.3) is 0 Å². The largest absolute Gasteiger partial charge is 0.248 e. The molecule has 1 aliphatic carbocycles. The SMILES string of the molecule is CC1(C)c2cc(-c3ccccc3)ccc2-c2cc3c(-c4cccc(-c5nc(-c6ccccc6)cc(-c6ccccc6)n5)c4)cc(-c4ccccc4)nc3cc21. The van der Waals surface area contributed by atoms with Crippen molar-refractivity contribution in [1.29, 1.82) is 0 Å². The molecular formula is C52H37N3. The molecule has 55 heavy (non-hydrogen) atoms. The number of hydrogen-bond donors (Lipinski definition) is 0. The summed E-state index contributed by atoms with van der Waals surface area (Å²) in [5.41, 5.74) is 17.6. The molecule has 0 saturated carbocycles. The van der Waals surface area contributed by atoms with Gasteiger partial charge in [-0.3, -0.25) is 0 Å². The first-order valence-corrected chi connectivity index (χ1v) is 18.9. The van der Waals surface area contributed by atoms with Crippen molar-refractivity contribution in [2.75, 3.05) is 0 Å². The lowest BCUT2D eigenvalue weighted by Gasteiger charge is -2.22. The topological polar surface area (TPSA) is 38.7 Å². The van der Waals surface area contributed by atoms with Crippen LogP contribution < -0.4 is 0 Å². The molecule has 0 N–H and O–H groups in total. The summed E-state index contributed by atoms with van der Waals surface area (Å²) in [7, 11) is 0. The highest BCUT2D eigenvalue weighted by molar-refractivity contribution is 6.02. The van der Waals surface area contributed by atoms with Gasteiger partial charge in [0.15, 0.2) is 5.82 Å². The standard InChI is InChI=1S/C52H37N3/c1-52(2)45-29-38(34-16-7-3-8-17-34)26-27-41(45)43-30-44-42(31-47(35-18-9-4-10-19-35)53-50(44)32-46(43)52)39-24-15-25-40(28-39)51-54-48(36-20-11-5-12-21-36)33-49(55-51)37-22-13-6-14-23-37/h3-33H,1-2H3. The van der Waals surface area contributed by atoms with Crippen molar-refractivity contribution in [2.24, 2.45) is 0 Å². The minimum absolute atomic E-state index is 0.189. The maximum absolute atomic E-state index is 5.35. The number of pyridine rings is 1. The van der Waals surface area contributed by atoms with Crippen LogP contribution in [0.3, 0.4) is 0 Å². The van der Waals surface area contributed by atoms with E-state index in [9.17, 15) is 0 Å². The Balaban J connectivity index is 1.16. The predicted octanol–water partition coefficient (Wildman–Crippen LogP) is 13.3. The molecule has 0 radical (unpaired) electrons. The van der Waals surface area contributed by atoms with Gasteiger partial charge >= 0.3 is 0 Å². The number of nitrogens with zero attached hydrogens (tertiary/aromatic N) is 3. The molecule has 7 aromatic carbocycles. The molecule has 0 bridgehead atoms. The quantitative estimate of drug-likeness (QED) is 0.173. The predicted molar refractivity (Wildman–Crippen MR) is 228 cm³/mol. The first-order valence-electron chi connectivity index (χ1n) is 18.9. The molecule has 3 nitrogen and oxygen atoms in total. The van der Waals surface area contributed by atoms with Gasteiger partial charge in [-0.1, -0.05) is 166 Å². The van der Waals surface area contributed by atoms with Gasteiger partial charge < -0.3 is 0 Å². The van der Waals surface area contributed by atoms with Crippen LogP contribution in [0, 0.1) is 0 Å². The van der Waals surface area contributed by atoms with Gasteiger partial charge in [0.1, 0.15) is 0 Å². The normalized spacial score (nSPS) is 12.7. The second-order valence-electron chi connectivity index (χ2n) is 14.9. The molecule has 9 aromatic rings. The lowest BCUT2D eigenvalue weighted by atomic mass is 9.81. The van der Waals surface area contributed by atoms with Gasteiger partial charge in [-0.15, -0.1) is 0 Å². The van der Waals surface area contributed by atoms with Crippen LogP contribution in [0.25, 0.3) is 89.4 Å². The summed E-state index contributed by atoms with van der Waals surface area (Å²) in [5.74, 6) is 0.689. The Kier molecular flexibility index (Phi) is 7.81. The van der Waals surface area contributed by atoms with Gasteiger partial charge in [-0.05, 0) is 80.9 Å². The Morgan fingerprint density at radius 3 is 1.44 bits per heavy atom. The summed E-state index contributed by atoms with van der Waals surface area (Å²) in [6, 6.07) is 66.5.